The number of ether oxygens (including phenoxy) is 1. The van der Waals surface area contributed by atoms with Crippen molar-refractivity contribution in [3.8, 4) is 17.6 Å². The molecule has 0 N–H and O–H groups in total. The van der Waals surface area contributed by atoms with Crippen LogP contribution < -0.4 is 4.74 Å². The Labute approximate surface area is 110 Å². The lowest BCUT2D eigenvalue weighted by Gasteiger charge is -1.98. The molecule has 1 aromatic carbocycles. The van der Waals surface area contributed by atoms with Crippen LogP contribution in [-0.2, 0) is 0 Å². The van der Waals surface area contributed by atoms with Gasteiger partial charge in [0.15, 0.2) is 0 Å². The van der Waals surface area contributed by atoms with Crippen LogP contribution in [0.1, 0.15) is 16.0 Å². The Morgan fingerprint density at radius 1 is 1.24 bits per heavy atom. The molecule has 0 aliphatic heterocycles. The second-order valence-electron chi connectivity index (χ2n) is 3.53. The molecule has 2 aromatic rings. The van der Waals surface area contributed by atoms with Crippen molar-refractivity contribution in [1.29, 1.82) is 0 Å². The minimum Gasteiger partial charge on any atom is -0.497 e. The highest BCUT2D eigenvalue weighted by Crippen LogP contribution is 2.26. The van der Waals surface area contributed by atoms with Gasteiger partial charge in [0.05, 0.1) is 12.7 Å². The summed E-state index contributed by atoms with van der Waals surface area (Å²) >= 11 is 7.61. The van der Waals surface area contributed by atoms with Crippen molar-refractivity contribution in [2.24, 2.45) is 0 Å². The number of hydrogen-bond donors (Lipinski definition) is 0. The Bertz CT molecular complexity index is 590. The molecule has 0 unspecified atom stereocenters. The van der Waals surface area contributed by atoms with Crippen molar-refractivity contribution in [1.82, 2.24) is 0 Å². The van der Waals surface area contributed by atoms with E-state index >= 15 is 0 Å². The second-order valence-corrected chi connectivity index (χ2v) is 5.38. The summed E-state index contributed by atoms with van der Waals surface area (Å²) in [7, 11) is 1.64. The molecule has 0 radical (unpaired) electrons. The molecule has 0 spiro atoms. The molecule has 0 amide bonds. The van der Waals surface area contributed by atoms with Gasteiger partial charge in [-0.3, -0.25) is 0 Å². The van der Waals surface area contributed by atoms with Crippen LogP contribution in [0.4, 0.5) is 0 Å². The summed E-state index contributed by atoms with van der Waals surface area (Å²) in [5, 5.41) is 0. The van der Waals surface area contributed by atoms with Crippen LogP contribution in [-0.4, -0.2) is 7.11 Å². The van der Waals surface area contributed by atoms with E-state index in [0.29, 0.717) is 0 Å². The van der Waals surface area contributed by atoms with Crippen LogP contribution in [0, 0.1) is 18.8 Å². The number of rotatable bonds is 1. The zero-order chi connectivity index (χ0) is 12.3. The topological polar surface area (TPSA) is 9.23 Å². The molecule has 3 heteroatoms. The third-order valence-corrected chi connectivity index (χ3v) is 3.50. The zero-order valence-corrected chi connectivity index (χ0v) is 11.2. The molecule has 1 nitrogen and oxygen atoms in total. The van der Waals surface area contributed by atoms with Gasteiger partial charge in [-0.25, -0.2) is 0 Å². The number of aryl methyl sites for hydroxylation is 1. The molecule has 0 fully saturated rings. The van der Waals surface area contributed by atoms with E-state index in [1.54, 1.807) is 18.4 Å². The standard InChI is InChI=1S/C14H11ClOS/c1-10-8-12(14(15)17-10)7-6-11-4-3-5-13(9-11)16-2/h3-5,8-9H,1-2H3. The summed E-state index contributed by atoms with van der Waals surface area (Å²) in [5.41, 5.74) is 1.81. The maximum atomic E-state index is 6.06. The molecule has 2 rings (SSSR count). The molecule has 86 valence electrons. The number of halogens is 1. The summed E-state index contributed by atoms with van der Waals surface area (Å²) in [6.45, 7) is 2.02. The highest BCUT2D eigenvalue weighted by molar-refractivity contribution is 7.16. The van der Waals surface area contributed by atoms with Crippen LogP contribution in [0.15, 0.2) is 30.3 Å². The van der Waals surface area contributed by atoms with E-state index in [0.717, 1.165) is 21.2 Å². The van der Waals surface area contributed by atoms with Crippen LogP contribution in [0.3, 0.4) is 0 Å². The van der Waals surface area contributed by atoms with E-state index in [1.807, 2.05) is 37.3 Å². The Kier molecular flexibility index (Phi) is 3.73. The lowest BCUT2D eigenvalue weighted by molar-refractivity contribution is 0.414. The Hall–Kier alpha value is -1.43. The molecule has 1 aromatic heterocycles. The van der Waals surface area contributed by atoms with Crippen molar-refractivity contribution in [2.75, 3.05) is 7.11 Å². The number of methoxy groups -OCH3 is 1. The van der Waals surface area contributed by atoms with E-state index in [-0.39, 0.29) is 0 Å². The summed E-state index contributed by atoms with van der Waals surface area (Å²) in [4.78, 5) is 1.17. The van der Waals surface area contributed by atoms with Crippen LogP contribution in [0.5, 0.6) is 5.75 Å². The first-order chi connectivity index (χ1) is 8.19. The number of thiophene rings is 1. The zero-order valence-electron chi connectivity index (χ0n) is 9.58. The number of hydrogen-bond acceptors (Lipinski definition) is 2. The lowest BCUT2D eigenvalue weighted by atomic mass is 10.2. The fourth-order valence-electron chi connectivity index (χ4n) is 1.41. The summed E-state index contributed by atoms with van der Waals surface area (Å²) in [6.07, 6.45) is 0. The summed E-state index contributed by atoms with van der Waals surface area (Å²) in [6, 6.07) is 9.67. The molecule has 0 aliphatic carbocycles. The third-order valence-electron chi connectivity index (χ3n) is 2.22. The maximum Gasteiger partial charge on any atom is 0.120 e. The van der Waals surface area contributed by atoms with Crippen molar-refractivity contribution >= 4 is 22.9 Å². The van der Waals surface area contributed by atoms with Gasteiger partial charge in [-0.05, 0) is 31.2 Å². The van der Waals surface area contributed by atoms with Gasteiger partial charge < -0.3 is 4.74 Å². The van der Waals surface area contributed by atoms with E-state index < -0.39 is 0 Å². The molecule has 0 bridgehead atoms. The van der Waals surface area contributed by atoms with Gasteiger partial charge in [-0.2, -0.15) is 0 Å². The summed E-state index contributed by atoms with van der Waals surface area (Å²) in [5.74, 6) is 6.97. The van der Waals surface area contributed by atoms with Crippen LogP contribution in [0.2, 0.25) is 4.34 Å². The molecule has 0 saturated heterocycles. The van der Waals surface area contributed by atoms with Gasteiger partial charge in [0.1, 0.15) is 10.1 Å². The second kappa shape index (κ2) is 5.27. The molecular weight excluding hydrogens is 252 g/mol. The minimum atomic E-state index is 0.748. The van der Waals surface area contributed by atoms with Crippen LogP contribution in [0.25, 0.3) is 0 Å². The molecular formula is C14H11ClOS. The van der Waals surface area contributed by atoms with Gasteiger partial charge in [0, 0.05) is 10.4 Å². The van der Waals surface area contributed by atoms with Gasteiger partial charge >= 0.3 is 0 Å². The fraction of sp³-hybridized carbons (Fsp3) is 0.143. The normalized spacial score (nSPS) is 9.59. The van der Waals surface area contributed by atoms with Gasteiger partial charge in [-0.1, -0.05) is 29.5 Å². The molecule has 0 atom stereocenters. The predicted molar refractivity (Wildman–Crippen MR) is 73.0 cm³/mol. The largest absolute Gasteiger partial charge is 0.497 e. The van der Waals surface area contributed by atoms with Gasteiger partial charge in [0.25, 0.3) is 0 Å². The average molecular weight is 263 g/mol. The van der Waals surface area contributed by atoms with Crippen molar-refractivity contribution in [3.63, 3.8) is 0 Å². The Morgan fingerprint density at radius 3 is 2.71 bits per heavy atom. The molecule has 1 heterocycles. The van der Waals surface area contributed by atoms with Gasteiger partial charge in [-0.15, -0.1) is 11.3 Å². The van der Waals surface area contributed by atoms with Crippen LogP contribution >= 0.6 is 22.9 Å². The first-order valence-corrected chi connectivity index (χ1v) is 6.30. The minimum absolute atomic E-state index is 0.748. The van der Waals surface area contributed by atoms with E-state index in [4.69, 9.17) is 16.3 Å². The molecule has 0 saturated carbocycles. The average Bonchev–Trinajstić information content (AvgIpc) is 2.65. The van der Waals surface area contributed by atoms with E-state index in [2.05, 4.69) is 11.8 Å². The lowest BCUT2D eigenvalue weighted by Crippen LogP contribution is -1.82. The SMILES string of the molecule is COc1cccc(C#Cc2cc(C)sc2Cl)c1. The van der Waals surface area contributed by atoms with E-state index in [9.17, 15) is 0 Å². The third kappa shape index (κ3) is 3.03. The highest BCUT2D eigenvalue weighted by Gasteiger charge is 2.00. The van der Waals surface area contributed by atoms with Crippen molar-refractivity contribution in [3.05, 3.63) is 50.7 Å². The highest BCUT2D eigenvalue weighted by atomic mass is 35.5. The molecule has 0 aliphatic rings. The maximum absolute atomic E-state index is 6.06. The van der Waals surface area contributed by atoms with Crippen molar-refractivity contribution in [2.45, 2.75) is 6.92 Å². The van der Waals surface area contributed by atoms with Crippen molar-refractivity contribution < 1.29 is 4.74 Å². The van der Waals surface area contributed by atoms with E-state index in [1.165, 1.54) is 4.88 Å². The predicted octanol–water partition coefficient (Wildman–Crippen LogP) is 4.12. The Balaban J connectivity index is 2.29. The first kappa shape index (κ1) is 12.0. The number of benzene rings is 1. The van der Waals surface area contributed by atoms with Gasteiger partial charge in [0.2, 0.25) is 0 Å². The summed E-state index contributed by atoms with van der Waals surface area (Å²) < 4.78 is 5.89. The molecule has 17 heavy (non-hydrogen) atoms. The smallest absolute Gasteiger partial charge is 0.120 e. The first-order valence-electron chi connectivity index (χ1n) is 5.11. The monoisotopic (exact) mass is 262 g/mol. The quantitative estimate of drug-likeness (QED) is 0.703. The fourth-order valence-corrected chi connectivity index (χ4v) is 2.56. The Morgan fingerprint density at radius 2 is 2.06 bits per heavy atom.